The van der Waals surface area contributed by atoms with E-state index >= 15 is 0 Å². The lowest BCUT2D eigenvalue weighted by Gasteiger charge is -2.05. The minimum Gasteiger partial charge on any atom is -0.463 e. The summed E-state index contributed by atoms with van der Waals surface area (Å²) in [5, 5.41) is 7.93. The molecule has 110 valence electrons. The Labute approximate surface area is 121 Å². The van der Waals surface area contributed by atoms with Crippen molar-refractivity contribution >= 4 is 0 Å². The molecule has 1 N–H and O–H groups in total. The van der Waals surface area contributed by atoms with E-state index in [9.17, 15) is 0 Å². The Kier molecular flexibility index (Phi) is 4.65. The van der Waals surface area contributed by atoms with Gasteiger partial charge >= 0.3 is 0 Å². The van der Waals surface area contributed by atoms with E-state index in [-0.39, 0.29) is 0 Å². The van der Waals surface area contributed by atoms with E-state index in [1.807, 2.05) is 23.7 Å². The number of hydrogen-bond donors (Lipinski definition) is 1. The van der Waals surface area contributed by atoms with Gasteiger partial charge in [0, 0.05) is 5.69 Å². The standard InChI is InChI=1S/C16H25N3O/c1-11(2)8-17-9-15-6-7-16(20-15)10-19-14(5)12(3)13(4)18-19/h6-7,11,17H,8-10H2,1-5H3. The van der Waals surface area contributed by atoms with Crippen molar-refractivity contribution in [3.63, 3.8) is 0 Å². The Morgan fingerprint density at radius 2 is 1.90 bits per heavy atom. The first-order valence-electron chi connectivity index (χ1n) is 7.26. The monoisotopic (exact) mass is 275 g/mol. The molecular weight excluding hydrogens is 250 g/mol. The second-order valence-electron chi connectivity index (χ2n) is 5.85. The smallest absolute Gasteiger partial charge is 0.125 e. The highest BCUT2D eigenvalue weighted by molar-refractivity contribution is 5.23. The molecular formula is C16H25N3O. The molecule has 0 aliphatic rings. The lowest BCUT2D eigenvalue weighted by molar-refractivity contribution is 0.421. The third-order valence-electron chi connectivity index (χ3n) is 3.62. The lowest BCUT2D eigenvalue weighted by atomic mass is 10.2. The van der Waals surface area contributed by atoms with Crippen LogP contribution in [0, 0.1) is 26.7 Å². The number of aromatic nitrogens is 2. The molecule has 0 aromatic carbocycles. The van der Waals surface area contributed by atoms with Crippen LogP contribution in [0.4, 0.5) is 0 Å². The Morgan fingerprint density at radius 3 is 2.50 bits per heavy atom. The van der Waals surface area contributed by atoms with E-state index in [0.29, 0.717) is 12.5 Å². The third-order valence-corrected chi connectivity index (χ3v) is 3.62. The van der Waals surface area contributed by atoms with Crippen LogP contribution < -0.4 is 5.32 Å². The fraction of sp³-hybridized carbons (Fsp3) is 0.562. The Balaban J connectivity index is 1.97. The molecule has 4 nitrogen and oxygen atoms in total. The van der Waals surface area contributed by atoms with Crippen LogP contribution in [0.5, 0.6) is 0 Å². The molecule has 2 rings (SSSR count). The van der Waals surface area contributed by atoms with Crippen LogP contribution in [-0.4, -0.2) is 16.3 Å². The van der Waals surface area contributed by atoms with Crippen molar-refractivity contribution < 1.29 is 4.42 Å². The van der Waals surface area contributed by atoms with Gasteiger partial charge in [-0.3, -0.25) is 4.68 Å². The highest BCUT2D eigenvalue weighted by Crippen LogP contribution is 2.15. The lowest BCUT2D eigenvalue weighted by Crippen LogP contribution is -2.18. The zero-order valence-corrected chi connectivity index (χ0v) is 13.2. The average Bonchev–Trinajstić information content (AvgIpc) is 2.91. The number of furan rings is 1. The summed E-state index contributed by atoms with van der Waals surface area (Å²) in [4.78, 5) is 0. The second kappa shape index (κ2) is 6.27. The normalized spacial score (nSPS) is 11.5. The van der Waals surface area contributed by atoms with Crippen molar-refractivity contribution in [1.82, 2.24) is 15.1 Å². The molecule has 0 bridgehead atoms. The molecule has 0 saturated carbocycles. The fourth-order valence-corrected chi connectivity index (χ4v) is 2.17. The Bertz CT molecular complexity index is 566. The van der Waals surface area contributed by atoms with Gasteiger partial charge in [-0.15, -0.1) is 0 Å². The molecule has 2 aromatic heterocycles. The molecule has 20 heavy (non-hydrogen) atoms. The van der Waals surface area contributed by atoms with Gasteiger partial charge in [-0.05, 0) is 50.9 Å². The van der Waals surface area contributed by atoms with Crippen molar-refractivity contribution in [3.05, 3.63) is 40.6 Å². The van der Waals surface area contributed by atoms with Gasteiger partial charge in [-0.25, -0.2) is 0 Å². The first kappa shape index (κ1) is 14.9. The van der Waals surface area contributed by atoms with E-state index in [0.717, 1.165) is 30.3 Å². The van der Waals surface area contributed by atoms with Crippen LogP contribution in [0.3, 0.4) is 0 Å². The second-order valence-corrected chi connectivity index (χ2v) is 5.85. The van der Waals surface area contributed by atoms with Crippen molar-refractivity contribution in [1.29, 1.82) is 0 Å². The molecule has 0 unspecified atom stereocenters. The summed E-state index contributed by atoms with van der Waals surface area (Å²) in [5.74, 6) is 2.60. The van der Waals surface area contributed by atoms with Gasteiger partial charge in [0.1, 0.15) is 11.5 Å². The van der Waals surface area contributed by atoms with Crippen molar-refractivity contribution in [3.8, 4) is 0 Å². The van der Waals surface area contributed by atoms with Gasteiger partial charge in [-0.1, -0.05) is 13.8 Å². The van der Waals surface area contributed by atoms with E-state index in [1.165, 1.54) is 11.3 Å². The summed E-state index contributed by atoms with van der Waals surface area (Å²) in [7, 11) is 0. The fourth-order valence-electron chi connectivity index (χ4n) is 2.17. The number of nitrogens with one attached hydrogen (secondary N) is 1. The molecule has 2 aromatic rings. The SMILES string of the molecule is Cc1nn(Cc2ccc(CNCC(C)C)o2)c(C)c1C. The molecule has 0 radical (unpaired) electrons. The quantitative estimate of drug-likeness (QED) is 0.880. The molecule has 0 atom stereocenters. The highest BCUT2D eigenvalue weighted by Gasteiger charge is 2.09. The average molecular weight is 275 g/mol. The van der Waals surface area contributed by atoms with Crippen LogP contribution in [0.25, 0.3) is 0 Å². The van der Waals surface area contributed by atoms with Gasteiger partial charge in [-0.2, -0.15) is 5.10 Å². The molecule has 2 heterocycles. The summed E-state index contributed by atoms with van der Waals surface area (Å²) in [5.41, 5.74) is 3.56. The Morgan fingerprint density at radius 1 is 1.20 bits per heavy atom. The zero-order chi connectivity index (χ0) is 14.7. The van der Waals surface area contributed by atoms with Crippen LogP contribution >= 0.6 is 0 Å². The number of hydrogen-bond acceptors (Lipinski definition) is 3. The van der Waals surface area contributed by atoms with Gasteiger partial charge in [0.05, 0.1) is 18.8 Å². The molecule has 0 aliphatic carbocycles. The largest absolute Gasteiger partial charge is 0.463 e. The topological polar surface area (TPSA) is 43.0 Å². The predicted octanol–water partition coefficient (Wildman–Crippen LogP) is 3.20. The minimum atomic E-state index is 0.655. The number of rotatable bonds is 6. The zero-order valence-electron chi connectivity index (χ0n) is 13.2. The van der Waals surface area contributed by atoms with Gasteiger partial charge < -0.3 is 9.73 Å². The molecule has 0 aliphatic heterocycles. The molecule has 0 spiro atoms. The van der Waals surface area contributed by atoms with Crippen LogP contribution in [0.1, 0.15) is 42.3 Å². The maximum Gasteiger partial charge on any atom is 0.125 e. The third kappa shape index (κ3) is 3.51. The predicted molar refractivity (Wildman–Crippen MR) is 80.8 cm³/mol. The minimum absolute atomic E-state index is 0.655. The first-order valence-corrected chi connectivity index (χ1v) is 7.26. The van der Waals surface area contributed by atoms with Crippen LogP contribution in [0.2, 0.25) is 0 Å². The van der Waals surface area contributed by atoms with Crippen LogP contribution in [-0.2, 0) is 13.1 Å². The van der Waals surface area contributed by atoms with E-state index in [4.69, 9.17) is 4.42 Å². The summed E-state index contributed by atoms with van der Waals surface area (Å²) in [6.45, 7) is 13.1. The van der Waals surface area contributed by atoms with Crippen molar-refractivity contribution in [2.24, 2.45) is 5.92 Å². The van der Waals surface area contributed by atoms with E-state index < -0.39 is 0 Å². The highest BCUT2D eigenvalue weighted by atomic mass is 16.3. The van der Waals surface area contributed by atoms with Gasteiger partial charge in [0.15, 0.2) is 0 Å². The molecule has 0 fully saturated rings. The number of aryl methyl sites for hydroxylation is 1. The first-order chi connectivity index (χ1) is 9.47. The van der Waals surface area contributed by atoms with Gasteiger partial charge in [0.2, 0.25) is 0 Å². The van der Waals surface area contributed by atoms with E-state index in [2.05, 4.69) is 38.1 Å². The molecule has 0 saturated heterocycles. The van der Waals surface area contributed by atoms with Crippen LogP contribution in [0.15, 0.2) is 16.5 Å². The van der Waals surface area contributed by atoms with Crippen molar-refractivity contribution in [2.45, 2.75) is 47.7 Å². The Hall–Kier alpha value is -1.55. The van der Waals surface area contributed by atoms with E-state index in [1.54, 1.807) is 0 Å². The van der Waals surface area contributed by atoms with Gasteiger partial charge in [0.25, 0.3) is 0 Å². The summed E-state index contributed by atoms with van der Waals surface area (Å²) in [6, 6.07) is 4.08. The van der Waals surface area contributed by atoms with Crippen molar-refractivity contribution in [2.75, 3.05) is 6.54 Å². The summed E-state index contributed by atoms with van der Waals surface area (Å²) < 4.78 is 7.86. The molecule has 4 heteroatoms. The summed E-state index contributed by atoms with van der Waals surface area (Å²) in [6.07, 6.45) is 0. The maximum absolute atomic E-state index is 5.85. The maximum atomic E-state index is 5.85. The molecule has 0 amide bonds. The summed E-state index contributed by atoms with van der Waals surface area (Å²) >= 11 is 0. The number of nitrogens with zero attached hydrogens (tertiary/aromatic N) is 2.